The van der Waals surface area contributed by atoms with Gasteiger partial charge in [0.25, 0.3) is 12.9 Å². The first-order valence-electron chi connectivity index (χ1n) is 12.3. The van der Waals surface area contributed by atoms with Crippen molar-refractivity contribution >= 4 is 24.0 Å². The minimum atomic E-state index is -0.250. The van der Waals surface area contributed by atoms with E-state index in [2.05, 4.69) is 63.8 Å². The molecule has 2 aliphatic rings. The van der Waals surface area contributed by atoms with E-state index in [4.69, 9.17) is 19.8 Å². The number of likely N-dealkylation sites (tertiary alicyclic amines) is 1. The Kier molecular flexibility index (Phi) is 9.60. The van der Waals surface area contributed by atoms with Crippen LogP contribution in [0.15, 0.2) is 30.7 Å². The Morgan fingerprint density at radius 3 is 2.50 bits per heavy atom. The van der Waals surface area contributed by atoms with Crippen molar-refractivity contribution in [2.45, 2.75) is 45.3 Å². The van der Waals surface area contributed by atoms with Crippen LogP contribution in [0.4, 0.5) is 0 Å². The van der Waals surface area contributed by atoms with Gasteiger partial charge in [0.15, 0.2) is 0 Å². The highest BCUT2D eigenvalue weighted by Crippen LogP contribution is 2.40. The van der Waals surface area contributed by atoms with E-state index in [0.29, 0.717) is 6.04 Å². The van der Waals surface area contributed by atoms with Crippen LogP contribution in [0.2, 0.25) is 0 Å². The molecule has 5 rings (SSSR count). The topological polar surface area (TPSA) is 117 Å². The standard InChI is InChI=1S/C24H34N6.2CH2O2/c1-17-20(12-26-29(17)4)13-27(2)22-10-18-7-9-30(15-19(18)11-22)16-21-14-28(3)24-23(21)6-5-8-25-24;2*2-1-3/h5-6,8,12,14,18-19,22H,7,9-11,13,15-16H2,1-4H3;2*1H,(H,2,3)/t18-,19-,22+;;/m1../s1. The lowest BCUT2D eigenvalue weighted by Gasteiger charge is -2.34. The Hall–Kier alpha value is -3.24. The average molecular weight is 499 g/mol. The van der Waals surface area contributed by atoms with E-state index < -0.39 is 0 Å². The fourth-order valence-electron chi connectivity index (χ4n) is 5.79. The van der Waals surface area contributed by atoms with Crippen LogP contribution in [0.3, 0.4) is 0 Å². The van der Waals surface area contributed by atoms with E-state index in [0.717, 1.165) is 30.6 Å². The monoisotopic (exact) mass is 498 g/mol. The number of carbonyl (C=O) groups is 2. The molecule has 0 amide bonds. The summed E-state index contributed by atoms with van der Waals surface area (Å²) in [5.74, 6) is 1.71. The lowest BCUT2D eigenvalue weighted by Crippen LogP contribution is -2.37. The first-order valence-corrected chi connectivity index (χ1v) is 12.3. The first kappa shape index (κ1) is 27.3. The third kappa shape index (κ3) is 6.30. The van der Waals surface area contributed by atoms with E-state index in [-0.39, 0.29) is 12.9 Å². The summed E-state index contributed by atoms with van der Waals surface area (Å²) in [4.78, 5) is 26.5. The summed E-state index contributed by atoms with van der Waals surface area (Å²) < 4.78 is 4.15. The molecule has 2 fully saturated rings. The molecule has 4 heterocycles. The molecule has 2 N–H and O–H groups in total. The summed E-state index contributed by atoms with van der Waals surface area (Å²) in [6.07, 6.45) is 10.2. The van der Waals surface area contributed by atoms with Gasteiger partial charge in [0, 0.05) is 68.8 Å². The molecule has 0 unspecified atom stereocenters. The first-order chi connectivity index (χ1) is 17.3. The van der Waals surface area contributed by atoms with Gasteiger partial charge >= 0.3 is 0 Å². The van der Waals surface area contributed by atoms with Crippen molar-refractivity contribution in [1.29, 1.82) is 0 Å². The predicted octanol–water partition coefficient (Wildman–Crippen LogP) is 2.75. The van der Waals surface area contributed by atoms with Gasteiger partial charge in [-0.1, -0.05) is 0 Å². The van der Waals surface area contributed by atoms with Crippen LogP contribution in [0, 0.1) is 18.8 Å². The highest BCUT2D eigenvalue weighted by atomic mass is 16.3. The van der Waals surface area contributed by atoms with Crippen LogP contribution in [0.25, 0.3) is 11.0 Å². The van der Waals surface area contributed by atoms with Crippen molar-refractivity contribution in [3.05, 3.63) is 47.5 Å². The van der Waals surface area contributed by atoms with Gasteiger partial charge in [-0.15, -0.1) is 0 Å². The Bertz CT molecular complexity index is 1140. The second-order valence-corrected chi connectivity index (χ2v) is 9.81. The Morgan fingerprint density at radius 2 is 1.83 bits per heavy atom. The van der Waals surface area contributed by atoms with Crippen LogP contribution < -0.4 is 0 Å². The van der Waals surface area contributed by atoms with Gasteiger partial charge in [-0.2, -0.15) is 5.10 Å². The Morgan fingerprint density at radius 1 is 1.14 bits per heavy atom. The average Bonchev–Trinajstić information content (AvgIpc) is 3.52. The summed E-state index contributed by atoms with van der Waals surface area (Å²) >= 11 is 0. The second-order valence-electron chi connectivity index (χ2n) is 9.81. The Balaban J connectivity index is 0.000000550. The van der Waals surface area contributed by atoms with Crippen molar-refractivity contribution in [3.8, 4) is 0 Å². The minimum absolute atomic E-state index is 0.250. The molecule has 3 aromatic heterocycles. The SMILES string of the molecule is Cc1c(CN(C)[C@H]2C[C@H]3CCN(Cc4cn(C)c5ncccc45)C[C@H]3C2)cnn1C.O=CO.O=CO. The minimum Gasteiger partial charge on any atom is -0.483 e. The molecule has 0 bridgehead atoms. The van der Waals surface area contributed by atoms with Gasteiger partial charge < -0.3 is 14.8 Å². The van der Waals surface area contributed by atoms with Crippen LogP contribution in [-0.4, -0.2) is 78.5 Å². The lowest BCUT2D eigenvalue weighted by atomic mass is 9.88. The molecule has 36 heavy (non-hydrogen) atoms. The number of aromatic nitrogens is 4. The van der Waals surface area contributed by atoms with Crippen LogP contribution in [-0.2, 0) is 36.8 Å². The molecule has 0 spiro atoms. The maximum Gasteiger partial charge on any atom is 0.290 e. The second kappa shape index (κ2) is 12.6. The quantitative estimate of drug-likeness (QED) is 0.516. The van der Waals surface area contributed by atoms with Gasteiger partial charge in [0.1, 0.15) is 5.65 Å². The van der Waals surface area contributed by atoms with Gasteiger partial charge in [-0.25, -0.2) is 4.98 Å². The van der Waals surface area contributed by atoms with Gasteiger partial charge in [-0.05, 0) is 69.3 Å². The molecule has 1 saturated heterocycles. The van der Waals surface area contributed by atoms with Gasteiger partial charge in [-0.3, -0.25) is 24.1 Å². The smallest absolute Gasteiger partial charge is 0.290 e. The number of nitrogens with zero attached hydrogens (tertiary/aromatic N) is 6. The fraction of sp³-hybridized carbons (Fsp3) is 0.538. The maximum absolute atomic E-state index is 8.36. The Labute approximate surface area is 212 Å². The predicted molar refractivity (Wildman–Crippen MR) is 137 cm³/mol. The third-order valence-corrected chi connectivity index (χ3v) is 7.72. The number of hydrogen-bond acceptors (Lipinski definition) is 6. The summed E-state index contributed by atoms with van der Waals surface area (Å²) in [5, 5.41) is 19.5. The third-order valence-electron chi connectivity index (χ3n) is 7.72. The van der Waals surface area contributed by atoms with Crippen molar-refractivity contribution in [2.24, 2.45) is 25.9 Å². The molecule has 1 saturated carbocycles. The number of pyridine rings is 1. The summed E-state index contributed by atoms with van der Waals surface area (Å²) in [7, 11) is 6.44. The molecule has 3 atom stereocenters. The van der Waals surface area contributed by atoms with E-state index in [1.165, 1.54) is 54.6 Å². The van der Waals surface area contributed by atoms with Crippen LogP contribution in [0.1, 0.15) is 36.1 Å². The number of rotatable bonds is 5. The van der Waals surface area contributed by atoms with Crippen LogP contribution >= 0.6 is 0 Å². The number of fused-ring (bicyclic) bond motifs is 2. The zero-order valence-electron chi connectivity index (χ0n) is 21.6. The highest BCUT2D eigenvalue weighted by Gasteiger charge is 2.39. The van der Waals surface area contributed by atoms with Crippen molar-refractivity contribution < 1.29 is 19.8 Å². The van der Waals surface area contributed by atoms with E-state index in [9.17, 15) is 0 Å². The van der Waals surface area contributed by atoms with Crippen LogP contribution in [0.5, 0.6) is 0 Å². The maximum atomic E-state index is 8.36. The molecule has 0 radical (unpaired) electrons. The largest absolute Gasteiger partial charge is 0.483 e. The fourth-order valence-corrected chi connectivity index (χ4v) is 5.79. The number of hydrogen-bond donors (Lipinski definition) is 2. The molecular formula is C26H38N6O4. The van der Waals surface area contributed by atoms with Gasteiger partial charge in [0.05, 0.1) is 6.20 Å². The molecular weight excluding hydrogens is 460 g/mol. The summed E-state index contributed by atoms with van der Waals surface area (Å²) in [6, 6.07) is 4.96. The summed E-state index contributed by atoms with van der Waals surface area (Å²) in [6.45, 7) is 6.18. The van der Waals surface area contributed by atoms with E-state index >= 15 is 0 Å². The molecule has 196 valence electrons. The number of aryl methyl sites for hydroxylation is 2. The molecule has 10 nitrogen and oxygen atoms in total. The number of carboxylic acid groups (broad SMARTS) is 2. The summed E-state index contributed by atoms with van der Waals surface area (Å²) in [5.41, 5.74) is 5.16. The molecule has 0 aromatic carbocycles. The lowest BCUT2D eigenvalue weighted by molar-refractivity contribution is -0.123. The zero-order chi connectivity index (χ0) is 26.2. The zero-order valence-corrected chi connectivity index (χ0v) is 21.6. The van der Waals surface area contributed by atoms with E-state index in [1.54, 1.807) is 0 Å². The highest BCUT2D eigenvalue weighted by molar-refractivity contribution is 5.80. The normalized spacial score (nSPS) is 21.3. The van der Waals surface area contributed by atoms with Crippen molar-refractivity contribution in [2.75, 3.05) is 20.1 Å². The van der Waals surface area contributed by atoms with Crippen molar-refractivity contribution in [3.63, 3.8) is 0 Å². The van der Waals surface area contributed by atoms with Gasteiger partial charge in [0.2, 0.25) is 0 Å². The van der Waals surface area contributed by atoms with Crippen molar-refractivity contribution in [1.82, 2.24) is 29.1 Å². The molecule has 1 aliphatic carbocycles. The molecule has 10 heteroatoms. The van der Waals surface area contributed by atoms with E-state index in [1.807, 2.05) is 24.1 Å². The molecule has 1 aliphatic heterocycles. The number of piperidine rings is 1. The molecule has 3 aromatic rings.